The van der Waals surface area contributed by atoms with Crippen molar-refractivity contribution in [2.75, 3.05) is 13.1 Å². The van der Waals surface area contributed by atoms with E-state index in [4.69, 9.17) is 0 Å². The average Bonchev–Trinajstić information content (AvgIpc) is 2.85. The van der Waals surface area contributed by atoms with Crippen molar-refractivity contribution in [1.29, 1.82) is 0 Å². The zero-order valence-electron chi connectivity index (χ0n) is 12.5. The molecule has 2 aromatic rings. The van der Waals surface area contributed by atoms with Crippen LogP contribution in [0.2, 0.25) is 0 Å². The first-order valence-corrected chi connectivity index (χ1v) is 7.84. The molecule has 2 aliphatic heterocycles. The van der Waals surface area contributed by atoms with Gasteiger partial charge in [-0.2, -0.15) is 0 Å². The summed E-state index contributed by atoms with van der Waals surface area (Å²) in [6.45, 7) is 1.72. The van der Waals surface area contributed by atoms with Crippen molar-refractivity contribution < 1.29 is 4.79 Å². The van der Waals surface area contributed by atoms with E-state index in [1.165, 1.54) is 18.2 Å². The van der Waals surface area contributed by atoms with Gasteiger partial charge in [0.25, 0.3) is 5.91 Å². The van der Waals surface area contributed by atoms with Gasteiger partial charge in [-0.3, -0.25) is 4.79 Å². The number of hydrogen-bond donors (Lipinski definition) is 1. The molecule has 3 nitrogen and oxygen atoms in total. The third-order valence-electron chi connectivity index (χ3n) is 4.81. The summed E-state index contributed by atoms with van der Waals surface area (Å²) in [4.78, 5) is 14.8. The molecule has 2 heterocycles. The fraction of sp³-hybridized carbons (Fsp3) is 0.389. The van der Waals surface area contributed by atoms with Gasteiger partial charge in [0.2, 0.25) is 0 Å². The molecule has 2 saturated heterocycles. The van der Waals surface area contributed by atoms with Crippen LogP contribution in [0.4, 0.5) is 0 Å². The van der Waals surface area contributed by atoms with Crippen molar-refractivity contribution in [3.8, 4) is 0 Å². The van der Waals surface area contributed by atoms with Crippen LogP contribution in [0.1, 0.15) is 29.6 Å². The van der Waals surface area contributed by atoms with Crippen molar-refractivity contribution in [2.45, 2.75) is 31.3 Å². The number of halogens is 1. The van der Waals surface area contributed by atoms with Gasteiger partial charge in [-0.1, -0.05) is 30.3 Å². The lowest BCUT2D eigenvalue weighted by atomic mass is 10.0. The summed E-state index contributed by atoms with van der Waals surface area (Å²) in [5.74, 6) is 0.176. The largest absolute Gasteiger partial charge is 0.337 e. The van der Waals surface area contributed by atoms with Gasteiger partial charge in [0.15, 0.2) is 0 Å². The molecule has 116 valence electrons. The minimum absolute atomic E-state index is 0. The average molecular weight is 317 g/mol. The van der Waals surface area contributed by atoms with Crippen LogP contribution in [-0.4, -0.2) is 36.0 Å². The molecule has 2 bridgehead atoms. The zero-order valence-corrected chi connectivity index (χ0v) is 13.3. The van der Waals surface area contributed by atoms with E-state index in [0.717, 1.165) is 30.5 Å². The van der Waals surface area contributed by atoms with Crippen molar-refractivity contribution in [3.63, 3.8) is 0 Å². The van der Waals surface area contributed by atoms with Gasteiger partial charge in [0.1, 0.15) is 0 Å². The lowest BCUT2D eigenvalue weighted by Gasteiger charge is -2.24. The summed E-state index contributed by atoms with van der Waals surface area (Å²) in [6, 6.07) is 15.3. The Morgan fingerprint density at radius 2 is 1.77 bits per heavy atom. The third-order valence-corrected chi connectivity index (χ3v) is 4.81. The van der Waals surface area contributed by atoms with Crippen LogP contribution in [0.5, 0.6) is 0 Å². The fourth-order valence-corrected chi connectivity index (χ4v) is 3.63. The molecule has 0 saturated carbocycles. The Balaban J connectivity index is 0.00000144. The van der Waals surface area contributed by atoms with E-state index in [9.17, 15) is 4.79 Å². The highest BCUT2D eigenvalue weighted by Gasteiger charge is 2.31. The first-order valence-electron chi connectivity index (χ1n) is 7.84. The van der Waals surface area contributed by atoms with Crippen LogP contribution in [0.3, 0.4) is 0 Å². The molecule has 2 unspecified atom stereocenters. The van der Waals surface area contributed by atoms with E-state index in [1.54, 1.807) is 0 Å². The first kappa shape index (κ1) is 15.3. The van der Waals surface area contributed by atoms with Crippen LogP contribution >= 0.6 is 12.4 Å². The highest BCUT2D eigenvalue weighted by molar-refractivity contribution is 5.98. The predicted octanol–water partition coefficient (Wildman–Crippen LogP) is 3.23. The molecule has 0 aromatic heterocycles. The number of benzene rings is 2. The molecule has 0 radical (unpaired) electrons. The highest BCUT2D eigenvalue weighted by Crippen LogP contribution is 2.22. The Kier molecular flexibility index (Phi) is 4.37. The number of nitrogens with zero attached hydrogens (tertiary/aromatic N) is 1. The lowest BCUT2D eigenvalue weighted by Crippen LogP contribution is -2.39. The smallest absolute Gasteiger partial charge is 0.253 e. The van der Waals surface area contributed by atoms with E-state index in [-0.39, 0.29) is 18.3 Å². The molecular formula is C18H21ClN2O. The lowest BCUT2D eigenvalue weighted by molar-refractivity contribution is 0.0748. The number of carbonyl (C=O) groups excluding carboxylic acids is 1. The van der Waals surface area contributed by atoms with Crippen molar-refractivity contribution in [1.82, 2.24) is 10.2 Å². The highest BCUT2D eigenvalue weighted by atomic mass is 35.5. The van der Waals surface area contributed by atoms with Crippen LogP contribution in [0.15, 0.2) is 42.5 Å². The molecule has 2 fully saturated rings. The van der Waals surface area contributed by atoms with Crippen LogP contribution in [0.25, 0.3) is 10.8 Å². The summed E-state index contributed by atoms with van der Waals surface area (Å²) < 4.78 is 0. The number of rotatable bonds is 1. The SMILES string of the molecule is Cl.O=C(c1ccc2ccccc2c1)N1CCC2CCC(C1)N2. The molecule has 2 atom stereocenters. The topological polar surface area (TPSA) is 32.3 Å². The van der Waals surface area contributed by atoms with Crippen LogP contribution in [-0.2, 0) is 0 Å². The monoisotopic (exact) mass is 316 g/mol. The van der Waals surface area contributed by atoms with Crippen molar-refractivity contribution in [2.24, 2.45) is 0 Å². The Morgan fingerprint density at radius 3 is 2.64 bits per heavy atom. The Hall–Kier alpha value is -1.58. The maximum atomic E-state index is 12.8. The van der Waals surface area contributed by atoms with Crippen molar-refractivity contribution in [3.05, 3.63) is 48.0 Å². The summed E-state index contributed by atoms with van der Waals surface area (Å²) in [5, 5.41) is 5.95. The number of likely N-dealkylation sites (tertiary alicyclic amines) is 1. The molecule has 4 heteroatoms. The summed E-state index contributed by atoms with van der Waals surface area (Å²) in [7, 11) is 0. The normalized spacial score (nSPS) is 23.9. The summed E-state index contributed by atoms with van der Waals surface area (Å²) >= 11 is 0. The van der Waals surface area contributed by atoms with Gasteiger partial charge in [-0.25, -0.2) is 0 Å². The fourth-order valence-electron chi connectivity index (χ4n) is 3.63. The summed E-state index contributed by atoms with van der Waals surface area (Å²) in [6.07, 6.45) is 3.55. The van der Waals surface area contributed by atoms with Crippen LogP contribution in [0, 0.1) is 0 Å². The molecule has 22 heavy (non-hydrogen) atoms. The number of carbonyl (C=O) groups is 1. The van der Waals surface area contributed by atoms with Gasteiger partial charge < -0.3 is 10.2 Å². The van der Waals surface area contributed by atoms with E-state index < -0.39 is 0 Å². The van der Waals surface area contributed by atoms with E-state index in [0.29, 0.717) is 12.1 Å². The molecule has 1 amide bonds. The molecule has 2 aliphatic rings. The van der Waals surface area contributed by atoms with E-state index >= 15 is 0 Å². The van der Waals surface area contributed by atoms with Gasteiger partial charge in [0, 0.05) is 30.7 Å². The maximum absolute atomic E-state index is 12.8. The number of hydrogen-bond acceptors (Lipinski definition) is 2. The molecule has 0 aliphatic carbocycles. The van der Waals surface area contributed by atoms with E-state index in [1.807, 2.05) is 35.2 Å². The molecule has 1 N–H and O–H groups in total. The minimum atomic E-state index is 0. The number of amides is 1. The second-order valence-electron chi connectivity index (χ2n) is 6.24. The van der Waals surface area contributed by atoms with E-state index in [2.05, 4.69) is 17.4 Å². The van der Waals surface area contributed by atoms with Gasteiger partial charge in [0.05, 0.1) is 0 Å². The molecular weight excluding hydrogens is 296 g/mol. The third kappa shape index (κ3) is 2.83. The van der Waals surface area contributed by atoms with Gasteiger partial charge >= 0.3 is 0 Å². The van der Waals surface area contributed by atoms with Gasteiger partial charge in [-0.05, 0) is 42.2 Å². The second kappa shape index (κ2) is 6.27. The summed E-state index contributed by atoms with van der Waals surface area (Å²) in [5.41, 5.74) is 0.812. The predicted molar refractivity (Wildman–Crippen MR) is 91.7 cm³/mol. The van der Waals surface area contributed by atoms with Crippen molar-refractivity contribution >= 4 is 29.1 Å². The van der Waals surface area contributed by atoms with Crippen LogP contribution < -0.4 is 5.32 Å². The number of fused-ring (bicyclic) bond motifs is 3. The molecule has 2 aromatic carbocycles. The molecule has 4 rings (SSSR count). The number of nitrogens with one attached hydrogen (secondary N) is 1. The standard InChI is InChI=1S/C18H20N2O.ClH/c21-18(20-10-9-16-7-8-17(12-20)19-16)15-6-5-13-3-1-2-4-14(13)11-15;/h1-6,11,16-17,19H,7-10,12H2;1H. The second-order valence-corrected chi connectivity index (χ2v) is 6.24. The minimum Gasteiger partial charge on any atom is -0.337 e. The Bertz CT molecular complexity index is 688. The van der Waals surface area contributed by atoms with Gasteiger partial charge in [-0.15, -0.1) is 12.4 Å². The quantitative estimate of drug-likeness (QED) is 0.876. The Labute approximate surface area is 137 Å². The maximum Gasteiger partial charge on any atom is 0.253 e. The first-order chi connectivity index (χ1) is 10.3. The molecule has 0 spiro atoms. The zero-order chi connectivity index (χ0) is 14.2. The Morgan fingerprint density at radius 1 is 1.00 bits per heavy atom.